The van der Waals surface area contributed by atoms with Crippen LogP contribution in [-0.4, -0.2) is 32.9 Å². The van der Waals surface area contributed by atoms with Gasteiger partial charge in [0.15, 0.2) is 0 Å². The lowest BCUT2D eigenvalue weighted by atomic mass is 9.99. The Hall–Kier alpha value is -2.38. The predicted octanol–water partition coefficient (Wildman–Crippen LogP) is 3.72. The molecule has 7 heteroatoms. The van der Waals surface area contributed by atoms with Crippen LogP contribution >= 0.6 is 0 Å². The van der Waals surface area contributed by atoms with E-state index in [0.29, 0.717) is 17.7 Å². The number of hydrogen-bond acceptors (Lipinski definition) is 4. The Morgan fingerprint density at radius 3 is 2.41 bits per heavy atom. The second-order valence-corrected chi connectivity index (χ2v) is 9.13. The van der Waals surface area contributed by atoms with E-state index in [2.05, 4.69) is 0 Å². The molecule has 0 saturated carbocycles. The molecule has 0 aromatic heterocycles. The second kappa shape index (κ2) is 8.55. The van der Waals surface area contributed by atoms with Crippen molar-refractivity contribution in [3.63, 3.8) is 0 Å². The summed E-state index contributed by atoms with van der Waals surface area (Å²) < 4.78 is 29.2. The first-order valence-electron chi connectivity index (χ1n) is 9.81. The van der Waals surface area contributed by atoms with Gasteiger partial charge in [-0.3, -0.25) is 4.79 Å². The van der Waals surface area contributed by atoms with E-state index in [1.165, 1.54) is 6.07 Å². The molecule has 2 aromatic rings. The first-order valence-corrected chi connectivity index (χ1v) is 11.4. The molecule has 1 fully saturated rings. The van der Waals surface area contributed by atoms with E-state index in [4.69, 9.17) is 9.88 Å². The fraction of sp³-hybridized carbons (Fsp3) is 0.409. The van der Waals surface area contributed by atoms with Gasteiger partial charge >= 0.3 is 0 Å². The maximum Gasteiger partial charge on any atom is 0.254 e. The highest BCUT2D eigenvalue weighted by Crippen LogP contribution is 2.33. The van der Waals surface area contributed by atoms with Crippen LogP contribution in [0.5, 0.6) is 5.75 Å². The zero-order valence-electron chi connectivity index (χ0n) is 17.1. The lowest BCUT2D eigenvalue weighted by molar-refractivity contribution is 0.0680. The summed E-state index contributed by atoms with van der Waals surface area (Å²) in [6, 6.07) is 10.9. The number of sulfonamides is 1. The molecule has 1 atom stereocenters. The average molecular weight is 417 g/mol. The molecular formula is C22H28N2O4S. The van der Waals surface area contributed by atoms with Gasteiger partial charge in [-0.05, 0) is 67.6 Å². The molecule has 0 bridgehead atoms. The predicted molar refractivity (Wildman–Crippen MR) is 113 cm³/mol. The molecule has 156 valence electrons. The summed E-state index contributed by atoms with van der Waals surface area (Å²) in [7, 11) is -2.28. The van der Waals surface area contributed by atoms with Gasteiger partial charge in [0.25, 0.3) is 5.91 Å². The Morgan fingerprint density at radius 1 is 1.10 bits per heavy atom. The van der Waals surface area contributed by atoms with Gasteiger partial charge in [-0.25, -0.2) is 13.6 Å². The largest absolute Gasteiger partial charge is 0.497 e. The third-order valence-electron chi connectivity index (χ3n) is 5.69. The summed E-state index contributed by atoms with van der Waals surface area (Å²) in [5, 5.41) is 5.38. The first kappa shape index (κ1) is 21.3. The first-order chi connectivity index (χ1) is 13.7. The molecule has 3 rings (SSSR count). The minimum absolute atomic E-state index is 0.0108. The number of hydrogen-bond donors (Lipinski definition) is 1. The Kier molecular flexibility index (Phi) is 6.29. The number of ether oxygens (including phenoxy) is 1. The summed E-state index contributed by atoms with van der Waals surface area (Å²) in [6.07, 6.45) is 3.89. The number of rotatable bonds is 4. The number of amides is 1. The van der Waals surface area contributed by atoms with Crippen molar-refractivity contribution in [2.24, 2.45) is 5.14 Å². The SMILES string of the molecule is COc1ccc(C2CCCCCN2C(=O)c2cc(C)c(C)c(S(N)(=O)=O)c2)cc1. The molecule has 1 heterocycles. The van der Waals surface area contributed by atoms with Gasteiger partial charge < -0.3 is 9.64 Å². The van der Waals surface area contributed by atoms with Crippen molar-refractivity contribution in [3.8, 4) is 5.75 Å². The highest BCUT2D eigenvalue weighted by molar-refractivity contribution is 7.89. The van der Waals surface area contributed by atoms with Gasteiger partial charge in [0.05, 0.1) is 18.0 Å². The topological polar surface area (TPSA) is 89.7 Å². The van der Waals surface area contributed by atoms with Crippen LogP contribution < -0.4 is 9.88 Å². The monoisotopic (exact) mass is 416 g/mol. The number of carbonyl (C=O) groups is 1. The summed E-state index contributed by atoms with van der Waals surface area (Å²) in [6.45, 7) is 4.13. The third kappa shape index (κ3) is 4.62. The molecule has 29 heavy (non-hydrogen) atoms. The summed E-state index contributed by atoms with van der Waals surface area (Å²) in [5.41, 5.74) is 2.72. The number of methoxy groups -OCH3 is 1. The third-order valence-corrected chi connectivity index (χ3v) is 6.72. The van der Waals surface area contributed by atoms with E-state index in [0.717, 1.165) is 42.6 Å². The number of nitrogens with two attached hydrogens (primary N) is 1. The molecule has 2 aromatic carbocycles. The molecule has 1 unspecified atom stereocenters. The molecule has 0 aliphatic carbocycles. The van der Waals surface area contributed by atoms with E-state index in [1.807, 2.05) is 29.2 Å². The van der Waals surface area contributed by atoms with E-state index >= 15 is 0 Å². The van der Waals surface area contributed by atoms with Crippen molar-refractivity contribution in [1.29, 1.82) is 0 Å². The highest BCUT2D eigenvalue weighted by atomic mass is 32.2. The smallest absolute Gasteiger partial charge is 0.254 e. The molecule has 2 N–H and O–H groups in total. The van der Waals surface area contributed by atoms with Crippen LogP contribution in [0.2, 0.25) is 0 Å². The van der Waals surface area contributed by atoms with Gasteiger partial charge in [-0.15, -0.1) is 0 Å². The van der Waals surface area contributed by atoms with Crippen molar-refractivity contribution in [1.82, 2.24) is 4.90 Å². The molecule has 0 spiro atoms. The highest BCUT2D eigenvalue weighted by Gasteiger charge is 2.29. The lowest BCUT2D eigenvalue weighted by Gasteiger charge is -2.31. The molecule has 1 amide bonds. The summed E-state index contributed by atoms with van der Waals surface area (Å²) in [5.74, 6) is 0.605. The minimum atomic E-state index is -3.91. The van der Waals surface area contributed by atoms with Crippen LogP contribution in [0.3, 0.4) is 0 Å². The fourth-order valence-electron chi connectivity index (χ4n) is 3.94. The second-order valence-electron chi connectivity index (χ2n) is 7.60. The number of likely N-dealkylation sites (tertiary alicyclic amines) is 1. The van der Waals surface area contributed by atoms with Gasteiger partial charge in [0.1, 0.15) is 5.75 Å². The van der Waals surface area contributed by atoms with Crippen LogP contribution in [0, 0.1) is 13.8 Å². The quantitative estimate of drug-likeness (QED) is 0.823. The van der Waals surface area contributed by atoms with Crippen LogP contribution in [0.15, 0.2) is 41.3 Å². The molecule has 1 saturated heterocycles. The Labute approximate surface area is 172 Å². The van der Waals surface area contributed by atoms with Gasteiger partial charge in [0.2, 0.25) is 10.0 Å². The van der Waals surface area contributed by atoms with Crippen molar-refractivity contribution < 1.29 is 17.9 Å². The van der Waals surface area contributed by atoms with Crippen LogP contribution in [-0.2, 0) is 10.0 Å². The van der Waals surface area contributed by atoms with Crippen LogP contribution in [0.1, 0.15) is 58.8 Å². The maximum absolute atomic E-state index is 13.5. The Morgan fingerprint density at radius 2 is 1.79 bits per heavy atom. The van der Waals surface area contributed by atoms with Gasteiger partial charge in [-0.1, -0.05) is 25.0 Å². The average Bonchev–Trinajstić information content (AvgIpc) is 2.94. The fourth-order valence-corrected chi connectivity index (χ4v) is 4.81. The standard InChI is InChI=1S/C22H28N2O4S/c1-15-13-18(14-21(16(15)2)29(23,26)27)22(25)24-12-6-4-5-7-20(24)17-8-10-19(28-3)11-9-17/h8-11,13-14,20H,4-7,12H2,1-3H3,(H2,23,26,27). The number of primary sulfonamides is 1. The summed E-state index contributed by atoms with van der Waals surface area (Å²) >= 11 is 0. The number of carbonyl (C=O) groups excluding carboxylic acids is 1. The molecule has 1 aliphatic heterocycles. The summed E-state index contributed by atoms with van der Waals surface area (Å²) in [4.78, 5) is 15.3. The Bertz CT molecular complexity index is 1000. The number of nitrogens with zero attached hydrogens (tertiary/aromatic N) is 1. The minimum Gasteiger partial charge on any atom is -0.497 e. The van der Waals surface area contributed by atoms with E-state index in [-0.39, 0.29) is 16.8 Å². The van der Waals surface area contributed by atoms with Crippen LogP contribution in [0.4, 0.5) is 0 Å². The van der Waals surface area contributed by atoms with E-state index in [9.17, 15) is 13.2 Å². The van der Waals surface area contributed by atoms with Crippen molar-refractivity contribution >= 4 is 15.9 Å². The lowest BCUT2D eigenvalue weighted by Crippen LogP contribution is -2.35. The number of aryl methyl sites for hydroxylation is 1. The Balaban J connectivity index is 2.01. The zero-order valence-corrected chi connectivity index (χ0v) is 18.0. The molecule has 0 radical (unpaired) electrons. The maximum atomic E-state index is 13.5. The molecular weight excluding hydrogens is 388 g/mol. The van der Waals surface area contributed by atoms with E-state index < -0.39 is 10.0 Å². The van der Waals surface area contributed by atoms with Crippen molar-refractivity contribution in [2.75, 3.05) is 13.7 Å². The van der Waals surface area contributed by atoms with Crippen molar-refractivity contribution in [3.05, 3.63) is 58.7 Å². The van der Waals surface area contributed by atoms with Gasteiger partial charge in [0, 0.05) is 12.1 Å². The number of benzene rings is 2. The van der Waals surface area contributed by atoms with Crippen LogP contribution in [0.25, 0.3) is 0 Å². The van der Waals surface area contributed by atoms with Gasteiger partial charge in [-0.2, -0.15) is 0 Å². The normalized spacial score (nSPS) is 17.7. The molecule has 6 nitrogen and oxygen atoms in total. The zero-order chi connectivity index (χ0) is 21.2. The molecule has 1 aliphatic rings. The van der Waals surface area contributed by atoms with E-state index in [1.54, 1.807) is 27.0 Å². The van der Waals surface area contributed by atoms with Crippen molar-refractivity contribution in [2.45, 2.75) is 50.5 Å².